The van der Waals surface area contributed by atoms with E-state index >= 15 is 0 Å². The number of carbonyl (C=O) groups is 1. The van der Waals surface area contributed by atoms with E-state index < -0.39 is 30.4 Å². The van der Waals surface area contributed by atoms with Crippen LogP contribution < -0.4 is 15.8 Å². The Morgan fingerprint density at radius 2 is 1.93 bits per heavy atom. The Balaban J connectivity index is 1.43. The molecule has 1 saturated carbocycles. The zero-order valence-electron chi connectivity index (χ0n) is 20.8. The SMILES string of the molecule is COc1ccc(C2(C3CC3)C(=O)Nc3nc(-c4cn5ccnc5c(CCC(F)(F)C(F)(F)F)n4)nc(N)c32)cn1. The van der Waals surface area contributed by atoms with Crippen LogP contribution in [0.2, 0.25) is 0 Å². The average molecular weight is 560 g/mol. The third kappa shape index (κ3) is 3.90. The molecule has 1 aliphatic heterocycles. The van der Waals surface area contributed by atoms with Gasteiger partial charge >= 0.3 is 12.1 Å². The molecule has 0 radical (unpaired) electrons. The fourth-order valence-corrected chi connectivity index (χ4v) is 5.23. The molecule has 1 amide bonds. The number of ether oxygens (including phenoxy) is 1. The standard InChI is InChI=1S/C25H21F5N8O2/c1-40-16-5-4-13(10-33-16)24(12-2-3-12)17-18(31)35-19(36-20(17)37-22(24)39)15-11-38-9-8-32-21(38)14(34-15)6-7-23(26,27)25(28,29)30/h4-5,8-12H,2-3,6-7H2,1H3,(H3,31,35,36,37,39). The number of hydrogen-bond acceptors (Lipinski definition) is 8. The van der Waals surface area contributed by atoms with Gasteiger partial charge in [-0.1, -0.05) is 6.07 Å². The Hall–Kier alpha value is -4.43. The maximum atomic E-state index is 13.7. The first-order valence-corrected chi connectivity index (χ1v) is 12.2. The number of carbonyl (C=O) groups excluding carboxylic acids is 1. The van der Waals surface area contributed by atoms with Gasteiger partial charge in [0.15, 0.2) is 11.5 Å². The Morgan fingerprint density at radius 3 is 2.58 bits per heavy atom. The van der Waals surface area contributed by atoms with Crippen LogP contribution in [0.25, 0.3) is 17.2 Å². The maximum Gasteiger partial charge on any atom is 0.453 e. The van der Waals surface area contributed by atoms with Gasteiger partial charge in [0.25, 0.3) is 0 Å². The molecular weight excluding hydrogens is 539 g/mol. The van der Waals surface area contributed by atoms with Gasteiger partial charge in [0.1, 0.15) is 22.7 Å². The fraction of sp³-hybridized carbons (Fsp3) is 0.360. The molecule has 0 spiro atoms. The predicted molar refractivity (Wildman–Crippen MR) is 131 cm³/mol. The van der Waals surface area contributed by atoms with Crippen LogP contribution in [0.15, 0.2) is 36.9 Å². The van der Waals surface area contributed by atoms with Crippen molar-refractivity contribution in [3.05, 3.63) is 53.7 Å². The third-order valence-electron chi connectivity index (χ3n) is 7.28. The smallest absolute Gasteiger partial charge is 0.453 e. The molecule has 2 aliphatic rings. The van der Waals surface area contributed by atoms with E-state index in [0.29, 0.717) is 17.0 Å². The van der Waals surface area contributed by atoms with Gasteiger partial charge in [0.05, 0.1) is 18.4 Å². The largest absolute Gasteiger partial charge is 0.481 e. The van der Waals surface area contributed by atoms with Crippen LogP contribution in [0.3, 0.4) is 0 Å². The molecule has 15 heteroatoms. The number of nitrogens with one attached hydrogen (secondary N) is 1. The number of amides is 1. The molecule has 1 atom stereocenters. The number of pyridine rings is 1. The second kappa shape index (κ2) is 8.79. The molecule has 1 unspecified atom stereocenters. The van der Waals surface area contributed by atoms with Gasteiger partial charge in [-0.25, -0.2) is 24.9 Å². The minimum absolute atomic E-state index is 0.00116. The number of fused-ring (bicyclic) bond motifs is 2. The quantitative estimate of drug-likeness (QED) is 0.325. The van der Waals surface area contributed by atoms with Crippen LogP contribution in [0.5, 0.6) is 5.88 Å². The number of anilines is 2. The molecule has 4 aromatic heterocycles. The van der Waals surface area contributed by atoms with E-state index in [1.807, 2.05) is 0 Å². The fourth-order valence-electron chi connectivity index (χ4n) is 5.23. The van der Waals surface area contributed by atoms with Crippen molar-refractivity contribution in [2.24, 2.45) is 5.92 Å². The van der Waals surface area contributed by atoms with E-state index in [1.165, 1.54) is 30.1 Å². The summed E-state index contributed by atoms with van der Waals surface area (Å²) >= 11 is 0. The van der Waals surface area contributed by atoms with Crippen LogP contribution in [0.4, 0.5) is 33.6 Å². The molecule has 5 heterocycles. The Morgan fingerprint density at radius 1 is 1.15 bits per heavy atom. The molecule has 3 N–H and O–H groups in total. The highest BCUT2D eigenvalue weighted by molar-refractivity contribution is 6.10. The number of alkyl halides is 5. The summed E-state index contributed by atoms with van der Waals surface area (Å²) in [6.45, 7) is 0. The summed E-state index contributed by atoms with van der Waals surface area (Å²) < 4.78 is 72.1. The average Bonchev–Trinajstić information content (AvgIpc) is 3.56. The summed E-state index contributed by atoms with van der Waals surface area (Å²) in [5.41, 5.74) is 6.32. The molecule has 4 aromatic rings. The van der Waals surface area contributed by atoms with Crippen LogP contribution in [0, 0.1) is 5.92 Å². The Kier molecular flexibility index (Phi) is 5.68. The number of rotatable bonds is 7. The van der Waals surface area contributed by atoms with Gasteiger partial charge in [-0.3, -0.25) is 4.79 Å². The maximum absolute atomic E-state index is 13.7. The molecule has 10 nitrogen and oxygen atoms in total. The number of nitrogens with two attached hydrogens (primary N) is 1. The van der Waals surface area contributed by atoms with Gasteiger partial charge in [0.2, 0.25) is 11.8 Å². The number of nitrogen functional groups attached to an aromatic ring is 1. The number of aryl methyl sites for hydroxylation is 1. The lowest BCUT2D eigenvalue weighted by Crippen LogP contribution is -2.38. The summed E-state index contributed by atoms with van der Waals surface area (Å²) in [5, 5.41) is 2.80. The van der Waals surface area contributed by atoms with E-state index in [1.54, 1.807) is 18.3 Å². The van der Waals surface area contributed by atoms with Crippen molar-refractivity contribution in [2.45, 2.75) is 43.2 Å². The van der Waals surface area contributed by atoms with Crippen molar-refractivity contribution in [3.63, 3.8) is 0 Å². The first kappa shape index (κ1) is 25.8. The predicted octanol–water partition coefficient (Wildman–Crippen LogP) is 3.95. The summed E-state index contributed by atoms with van der Waals surface area (Å²) in [6, 6.07) is 3.38. The minimum Gasteiger partial charge on any atom is -0.481 e. The monoisotopic (exact) mass is 560 g/mol. The molecule has 6 rings (SSSR count). The van der Waals surface area contributed by atoms with E-state index in [4.69, 9.17) is 10.5 Å². The number of methoxy groups -OCH3 is 1. The lowest BCUT2D eigenvalue weighted by atomic mass is 9.72. The summed E-state index contributed by atoms with van der Waals surface area (Å²) in [7, 11) is 1.48. The van der Waals surface area contributed by atoms with Crippen molar-refractivity contribution < 1.29 is 31.5 Å². The van der Waals surface area contributed by atoms with Crippen LogP contribution in [-0.4, -0.2) is 54.4 Å². The van der Waals surface area contributed by atoms with E-state index in [-0.39, 0.29) is 46.3 Å². The Bertz CT molecular complexity index is 1630. The summed E-state index contributed by atoms with van der Waals surface area (Å²) in [6.07, 6.45) is -0.540. The van der Waals surface area contributed by atoms with Crippen LogP contribution in [-0.2, 0) is 16.6 Å². The van der Waals surface area contributed by atoms with Gasteiger partial charge in [-0.15, -0.1) is 0 Å². The van der Waals surface area contributed by atoms with Gasteiger partial charge in [-0.05, 0) is 30.7 Å². The topological polar surface area (TPSA) is 133 Å². The van der Waals surface area contributed by atoms with Gasteiger partial charge < -0.3 is 20.2 Å². The minimum atomic E-state index is -5.69. The lowest BCUT2D eigenvalue weighted by molar-refractivity contribution is -0.284. The summed E-state index contributed by atoms with van der Waals surface area (Å²) in [5.74, 6) is -4.83. The normalized spacial score (nSPS) is 19.1. The second-order valence-corrected chi connectivity index (χ2v) is 9.71. The Labute approximate surface area is 222 Å². The van der Waals surface area contributed by atoms with Crippen molar-refractivity contribution in [3.8, 4) is 17.4 Å². The molecular formula is C25H21F5N8O2. The molecule has 0 bridgehead atoms. The first-order chi connectivity index (χ1) is 19.0. The molecule has 0 aromatic carbocycles. The zero-order valence-corrected chi connectivity index (χ0v) is 20.8. The van der Waals surface area contributed by atoms with Gasteiger partial charge in [0, 0.05) is 37.3 Å². The van der Waals surface area contributed by atoms with Crippen molar-refractivity contribution in [2.75, 3.05) is 18.2 Å². The number of imidazole rings is 1. The molecule has 1 fully saturated rings. The second-order valence-electron chi connectivity index (χ2n) is 9.71. The highest BCUT2D eigenvalue weighted by Gasteiger charge is 2.60. The van der Waals surface area contributed by atoms with Crippen LogP contribution >= 0.6 is 0 Å². The van der Waals surface area contributed by atoms with Crippen molar-refractivity contribution in [1.82, 2.24) is 29.3 Å². The van der Waals surface area contributed by atoms with E-state index in [0.717, 1.165) is 12.8 Å². The molecule has 0 saturated heterocycles. The lowest BCUT2D eigenvalue weighted by Gasteiger charge is -2.28. The zero-order chi connectivity index (χ0) is 28.4. The number of aromatic nitrogens is 6. The highest BCUT2D eigenvalue weighted by atomic mass is 19.4. The van der Waals surface area contributed by atoms with E-state index in [2.05, 4.69) is 30.2 Å². The third-order valence-corrected chi connectivity index (χ3v) is 7.28. The summed E-state index contributed by atoms with van der Waals surface area (Å²) in [4.78, 5) is 35.0. The number of halogens is 5. The van der Waals surface area contributed by atoms with E-state index in [9.17, 15) is 26.7 Å². The van der Waals surface area contributed by atoms with Crippen molar-refractivity contribution >= 4 is 23.2 Å². The molecule has 40 heavy (non-hydrogen) atoms. The molecule has 1 aliphatic carbocycles. The number of hydrogen-bond donors (Lipinski definition) is 2. The molecule has 208 valence electrons. The first-order valence-electron chi connectivity index (χ1n) is 12.2. The highest BCUT2D eigenvalue weighted by Crippen LogP contribution is 2.57. The van der Waals surface area contributed by atoms with Gasteiger partial charge in [-0.2, -0.15) is 22.0 Å². The van der Waals surface area contributed by atoms with Crippen molar-refractivity contribution in [1.29, 1.82) is 0 Å². The van der Waals surface area contributed by atoms with Crippen LogP contribution in [0.1, 0.15) is 36.1 Å². The number of nitrogens with zero attached hydrogens (tertiary/aromatic N) is 6.